The van der Waals surface area contributed by atoms with Gasteiger partial charge in [-0.1, -0.05) is 6.92 Å². The van der Waals surface area contributed by atoms with Gasteiger partial charge in [-0.25, -0.2) is 0 Å². The molecule has 0 saturated heterocycles. The summed E-state index contributed by atoms with van der Waals surface area (Å²) in [5.74, 6) is 0. The van der Waals surface area contributed by atoms with Crippen LogP contribution in [-0.4, -0.2) is 11.8 Å². The maximum Gasteiger partial charge on any atom is 0.00261 e. The Morgan fingerprint density at radius 1 is 1.71 bits per heavy atom. The van der Waals surface area contributed by atoms with Crippen molar-refractivity contribution in [2.24, 2.45) is 5.73 Å². The van der Waals surface area contributed by atoms with E-state index in [1.807, 2.05) is 0 Å². The Kier molecular flexibility index (Phi) is 4.67. The lowest BCUT2D eigenvalue weighted by molar-refractivity contribution is 0.750. The molecule has 0 aromatic heterocycles. The predicted molar refractivity (Wildman–Crippen MR) is 36.7 cm³/mol. The van der Waals surface area contributed by atoms with Gasteiger partial charge in [0.05, 0.1) is 0 Å². The number of rotatable bonds is 3. The molecule has 2 heteroatoms. The van der Waals surface area contributed by atoms with E-state index >= 15 is 0 Å². The zero-order valence-corrected chi connectivity index (χ0v) is 5.62. The summed E-state index contributed by atoms with van der Waals surface area (Å²) in [6.07, 6.45) is 2.17. The maximum absolute atomic E-state index is 5.26. The highest BCUT2D eigenvalue weighted by Gasteiger charge is 1.93. The highest BCUT2D eigenvalue weighted by atomic mass is 32.1. The molecule has 7 heavy (non-hydrogen) atoms. The zero-order valence-electron chi connectivity index (χ0n) is 4.72. The maximum atomic E-state index is 5.26. The topological polar surface area (TPSA) is 26.0 Å². The van der Waals surface area contributed by atoms with Crippen molar-refractivity contribution in [2.75, 3.05) is 6.54 Å². The lowest BCUT2D eigenvalue weighted by Gasteiger charge is -2.01. The van der Waals surface area contributed by atoms with Crippen LogP contribution in [0.3, 0.4) is 0 Å². The fraction of sp³-hybridized carbons (Fsp3) is 1.00. The quantitative estimate of drug-likeness (QED) is 0.533. The monoisotopic (exact) mass is 119 g/mol. The Labute approximate surface area is 50.7 Å². The van der Waals surface area contributed by atoms with Crippen molar-refractivity contribution in [3.05, 3.63) is 0 Å². The van der Waals surface area contributed by atoms with Crippen molar-refractivity contribution >= 4 is 12.6 Å². The summed E-state index contributed by atoms with van der Waals surface area (Å²) in [4.78, 5) is 0. The first-order valence-electron chi connectivity index (χ1n) is 2.69. The Hall–Kier alpha value is 0.310. The summed E-state index contributed by atoms with van der Waals surface area (Å²) in [7, 11) is 0. The van der Waals surface area contributed by atoms with Gasteiger partial charge in [0.1, 0.15) is 0 Å². The van der Waals surface area contributed by atoms with Crippen LogP contribution in [0, 0.1) is 0 Å². The van der Waals surface area contributed by atoms with Crippen molar-refractivity contribution in [1.82, 2.24) is 0 Å². The van der Waals surface area contributed by atoms with Crippen LogP contribution in [0.5, 0.6) is 0 Å². The second kappa shape index (κ2) is 4.47. The number of nitrogens with two attached hydrogens (primary N) is 1. The third-order valence-corrected chi connectivity index (χ3v) is 1.59. The molecule has 0 spiro atoms. The Balaban J connectivity index is 2.83. The number of hydrogen-bond acceptors (Lipinski definition) is 2. The molecular formula is C5H13NS. The summed E-state index contributed by atoms with van der Waals surface area (Å²) >= 11 is 4.23. The first-order chi connectivity index (χ1) is 3.31. The highest BCUT2D eigenvalue weighted by Crippen LogP contribution is 2.02. The zero-order chi connectivity index (χ0) is 5.70. The van der Waals surface area contributed by atoms with Gasteiger partial charge in [-0.2, -0.15) is 12.6 Å². The van der Waals surface area contributed by atoms with Crippen LogP contribution >= 0.6 is 12.6 Å². The van der Waals surface area contributed by atoms with E-state index in [1.54, 1.807) is 0 Å². The SMILES string of the molecule is CCC(S)CCN. The van der Waals surface area contributed by atoms with Gasteiger partial charge in [0, 0.05) is 5.25 Å². The van der Waals surface area contributed by atoms with Crippen molar-refractivity contribution in [3.63, 3.8) is 0 Å². The summed E-state index contributed by atoms with van der Waals surface area (Å²) < 4.78 is 0. The van der Waals surface area contributed by atoms with Crippen molar-refractivity contribution in [2.45, 2.75) is 25.0 Å². The normalized spacial score (nSPS) is 14.1. The molecule has 0 aromatic rings. The molecule has 0 saturated carbocycles. The fourth-order valence-electron chi connectivity index (χ4n) is 0.397. The molecule has 0 bridgehead atoms. The molecule has 1 atom stereocenters. The van der Waals surface area contributed by atoms with Crippen LogP contribution < -0.4 is 5.73 Å². The Bertz CT molecular complexity index is 39.1. The second-order valence-electron chi connectivity index (χ2n) is 1.64. The molecular weight excluding hydrogens is 106 g/mol. The van der Waals surface area contributed by atoms with E-state index in [4.69, 9.17) is 5.73 Å². The van der Waals surface area contributed by atoms with E-state index < -0.39 is 0 Å². The molecule has 0 radical (unpaired) electrons. The molecule has 0 amide bonds. The molecule has 1 unspecified atom stereocenters. The van der Waals surface area contributed by atoms with Gasteiger partial charge in [0.25, 0.3) is 0 Å². The summed E-state index contributed by atoms with van der Waals surface area (Å²) in [6.45, 7) is 2.88. The summed E-state index contributed by atoms with van der Waals surface area (Å²) in [6, 6.07) is 0. The lowest BCUT2D eigenvalue weighted by atomic mass is 10.2. The van der Waals surface area contributed by atoms with Gasteiger partial charge in [0.15, 0.2) is 0 Å². The minimum atomic E-state index is 0.519. The predicted octanol–water partition coefficient (Wildman–Crippen LogP) is 1.04. The van der Waals surface area contributed by atoms with Crippen LogP contribution in [-0.2, 0) is 0 Å². The lowest BCUT2D eigenvalue weighted by Crippen LogP contribution is -2.06. The minimum Gasteiger partial charge on any atom is -0.330 e. The van der Waals surface area contributed by atoms with Gasteiger partial charge in [0.2, 0.25) is 0 Å². The standard InChI is InChI=1S/C5H13NS/c1-2-5(7)3-4-6/h5,7H,2-4,6H2,1H3. The molecule has 1 nitrogen and oxygen atoms in total. The molecule has 44 valence electrons. The average molecular weight is 119 g/mol. The molecule has 0 heterocycles. The van der Waals surface area contributed by atoms with Crippen molar-refractivity contribution in [3.8, 4) is 0 Å². The number of hydrogen-bond donors (Lipinski definition) is 2. The van der Waals surface area contributed by atoms with E-state index in [0.29, 0.717) is 5.25 Å². The average Bonchev–Trinajstić information content (AvgIpc) is 1.68. The van der Waals surface area contributed by atoms with Gasteiger partial charge < -0.3 is 5.73 Å². The molecule has 0 aliphatic carbocycles. The van der Waals surface area contributed by atoms with E-state index in [1.165, 1.54) is 0 Å². The molecule has 0 aromatic carbocycles. The van der Waals surface area contributed by atoms with Crippen LogP contribution in [0.1, 0.15) is 19.8 Å². The number of thiol groups is 1. The largest absolute Gasteiger partial charge is 0.330 e. The second-order valence-corrected chi connectivity index (χ2v) is 2.37. The fourth-order valence-corrected chi connectivity index (χ4v) is 0.546. The van der Waals surface area contributed by atoms with E-state index in [-0.39, 0.29) is 0 Å². The molecule has 0 aliphatic heterocycles. The van der Waals surface area contributed by atoms with Crippen LogP contribution in [0.25, 0.3) is 0 Å². The van der Waals surface area contributed by atoms with Gasteiger partial charge in [-0.05, 0) is 19.4 Å². The third kappa shape index (κ3) is 4.16. The smallest absolute Gasteiger partial charge is 0.00261 e. The molecule has 2 N–H and O–H groups in total. The van der Waals surface area contributed by atoms with Crippen LogP contribution in [0.15, 0.2) is 0 Å². The Morgan fingerprint density at radius 2 is 2.29 bits per heavy atom. The summed E-state index contributed by atoms with van der Waals surface area (Å²) in [5, 5.41) is 0.519. The molecule has 0 rings (SSSR count). The van der Waals surface area contributed by atoms with Gasteiger partial charge >= 0.3 is 0 Å². The van der Waals surface area contributed by atoms with Crippen LogP contribution in [0.4, 0.5) is 0 Å². The molecule has 0 aliphatic rings. The van der Waals surface area contributed by atoms with Crippen LogP contribution in [0.2, 0.25) is 0 Å². The third-order valence-electron chi connectivity index (χ3n) is 0.971. The first-order valence-corrected chi connectivity index (χ1v) is 3.21. The highest BCUT2D eigenvalue weighted by molar-refractivity contribution is 7.80. The summed E-state index contributed by atoms with van der Waals surface area (Å²) in [5.41, 5.74) is 5.26. The van der Waals surface area contributed by atoms with E-state index in [9.17, 15) is 0 Å². The van der Waals surface area contributed by atoms with E-state index in [0.717, 1.165) is 19.4 Å². The van der Waals surface area contributed by atoms with Gasteiger partial charge in [-0.3, -0.25) is 0 Å². The van der Waals surface area contributed by atoms with E-state index in [2.05, 4.69) is 19.6 Å². The van der Waals surface area contributed by atoms with Crippen molar-refractivity contribution < 1.29 is 0 Å². The van der Waals surface area contributed by atoms with Crippen molar-refractivity contribution in [1.29, 1.82) is 0 Å². The minimum absolute atomic E-state index is 0.519. The van der Waals surface area contributed by atoms with Gasteiger partial charge in [-0.15, -0.1) is 0 Å². The first kappa shape index (κ1) is 7.31. The molecule has 0 fully saturated rings. The Morgan fingerprint density at radius 3 is 2.43 bits per heavy atom.